The number of ether oxygens (including phenoxy) is 2. The molecule has 0 saturated carbocycles. The highest BCUT2D eigenvalue weighted by atomic mass is 32.2. The molecule has 1 aromatic rings. The van der Waals surface area contributed by atoms with Crippen molar-refractivity contribution in [1.82, 2.24) is 0 Å². The van der Waals surface area contributed by atoms with E-state index in [1.54, 1.807) is 6.26 Å². The van der Waals surface area contributed by atoms with Crippen LogP contribution in [0.4, 0.5) is 18.9 Å². The molecular formula is C12H12F3NO3S. The number of hydrogen-bond donors (Lipinski definition) is 1. The fraction of sp³-hybridized carbons (Fsp3) is 0.250. The van der Waals surface area contributed by atoms with E-state index < -0.39 is 12.3 Å². The van der Waals surface area contributed by atoms with Gasteiger partial charge in [-0.25, -0.2) is 4.79 Å². The number of halogens is 3. The number of carbonyl (C=O) groups excluding carboxylic acids is 1. The Morgan fingerprint density at radius 1 is 1.40 bits per heavy atom. The van der Waals surface area contributed by atoms with Crippen LogP contribution in [-0.2, 0) is 9.53 Å². The Labute approximate surface area is 117 Å². The molecule has 1 rings (SSSR count). The van der Waals surface area contributed by atoms with E-state index >= 15 is 0 Å². The molecule has 0 radical (unpaired) electrons. The van der Waals surface area contributed by atoms with Crippen molar-refractivity contribution in [2.24, 2.45) is 0 Å². The first-order chi connectivity index (χ1) is 9.35. The third kappa shape index (κ3) is 5.43. The smallest absolute Gasteiger partial charge is 0.465 e. The van der Waals surface area contributed by atoms with Gasteiger partial charge in [0.1, 0.15) is 10.7 Å². The zero-order chi connectivity index (χ0) is 15.2. The molecule has 0 atom stereocenters. The number of carbonyl (C=O) groups is 1. The second kappa shape index (κ2) is 7.09. The van der Waals surface area contributed by atoms with Crippen molar-refractivity contribution in [3.8, 4) is 5.75 Å². The van der Waals surface area contributed by atoms with E-state index in [4.69, 9.17) is 0 Å². The lowest BCUT2D eigenvalue weighted by atomic mass is 10.3. The summed E-state index contributed by atoms with van der Waals surface area (Å²) < 4.78 is 44.5. The number of rotatable bonds is 5. The van der Waals surface area contributed by atoms with Crippen LogP contribution in [0.1, 0.15) is 0 Å². The van der Waals surface area contributed by atoms with Gasteiger partial charge in [-0.3, -0.25) is 0 Å². The van der Waals surface area contributed by atoms with Crippen molar-refractivity contribution in [2.45, 2.75) is 6.36 Å². The molecule has 110 valence electrons. The molecular weight excluding hydrogens is 295 g/mol. The Morgan fingerprint density at radius 2 is 2.10 bits per heavy atom. The summed E-state index contributed by atoms with van der Waals surface area (Å²) >= 11 is 1.15. The summed E-state index contributed by atoms with van der Waals surface area (Å²) in [5, 5.41) is 2.71. The molecule has 0 aromatic heterocycles. The first kappa shape index (κ1) is 16.2. The zero-order valence-electron chi connectivity index (χ0n) is 10.7. The standard InChI is InChI=1S/C12H12F3NO3S/c1-18-11(17)10(20-2)7-16-8-4-3-5-9(6-8)19-12(13,14)15/h3-7,16H,1-2H3. The van der Waals surface area contributed by atoms with Gasteiger partial charge in [0.15, 0.2) is 0 Å². The van der Waals surface area contributed by atoms with Gasteiger partial charge in [0, 0.05) is 18.0 Å². The van der Waals surface area contributed by atoms with Crippen LogP contribution in [0, 0.1) is 0 Å². The van der Waals surface area contributed by atoms with Gasteiger partial charge < -0.3 is 14.8 Å². The van der Waals surface area contributed by atoms with Crippen LogP contribution in [-0.4, -0.2) is 25.7 Å². The molecule has 0 heterocycles. The molecule has 0 aliphatic rings. The minimum absolute atomic E-state index is 0.287. The molecule has 0 amide bonds. The highest BCUT2D eigenvalue weighted by Crippen LogP contribution is 2.25. The van der Waals surface area contributed by atoms with Crippen molar-refractivity contribution in [3.63, 3.8) is 0 Å². The largest absolute Gasteiger partial charge is 0.573 e. The van der Waals surface area contributed by atoms with Gasteiger partial charge in [-0.15, -0.1) is 24.9 Å². The fourth-order valence-electron chi connectivity index (χ4n) is 1.23. The minimum atomic E-state index is -4.75. The summed E-state index contributed by atoms with van der Waals surface area (Å²) in [5.74, 6) is -0.882. The maximum atomic E-state index is 12.1. The number of benzene rings is 1. The molecule has 0 saturated heterocycles. The fourth-order valence-corrected chi connectivity index (χ4v) is 1.66. The monoisotopic (exact) mass is 307 g/mol. The average Bonchev–Trinajstić information content (AvgIpc) is 2.37. The summed E-state index contributed by atoms with van der Waals surface area (Å²) in [7, 11) is 1.24. The molecule has 0 aliphatic heterocycles. The molecule has 0 bridgehead atoms. The summed E-state index contributed by atoms with van der Waals surface area (Å²) in [5.41, 5.74) is 0.349. The second-order valence-electron chi connectivity index (χ2n) is 3.42. The topological polar surface area (TPSA) is 47.6 Å². The highest BCUT2D eigenvalue weighted by molar-refractivity contribution is 8.03. The SMILES string of the molecule is COC(=O)C(=CNc1cccc(OC(F)(F)F)c1)SC. The third-order valence-electron chi connectivity index (χ3n) is 2.04. The molecule has 0 unspecified atom stereocenters. The minimum Gasteiger partial charge on any atom is -0.465 e. The first-order valence-corrected chi connectivity index (χ1v) is 6.53. The van der Waals surface area contributed by atoms with E-state index in [0.29, 0.717) is 5.69 Å². The summed E-state index contributed by atoms with van der Waals surface area (Å²) in [6.45, 7) is 0. The number of anilines is 1. The molecule has 0 aliphatic carbocycles. The van der Waals surface area contributed by atoms with E-state index in [-0.39, 0.29) is 10.7 Å². The summed E-state index contributed by atoms with van der Waals surface area (Å²) in [4.78, 5) is 11.6. The molecule has 20 heavy (non-hydrogen) atoms. The predicted molar refractivity (Wildman–Crippen MR) is 70.4 cm³/mol. The Bertz CT molecular complexity index is 503. The van der Waals surface area contributed by atoms with Crippen LogP contribution in [0.2, 0.25) is 0 Å². The van der Waals surface area contributed by atoms with Gasteiger partial charge >= 0.3 is 12.3 Å². The van der Waals surface area contributed by atoms with E-state index in [2.05, 4.69) is 14.8 Å². The van der Waals surface area contributed by atoms with Crippen molar-refractivity contribution in [3.05, 3.63) is 35.4 Å². The third-order valence-corrected chi connectivity index (χ3v) is 2.77. The Balaban J connectivity index is 2.80. The van der Waals surface area contributed by atoms with Crippen LogP contribution in [0.25, 0.3) is 0 Å². The Morgan fingerprint density at radius 3 is 2.65 bits per heavy atom. The number of hydrogen-bond acceptors (Lipinski definition) is 5. The van der Waals surface area contributed by atoms with Crippen LogP contribution in [0.3, 0.4) is 0 Å². The van der Waals surface area contributed by atoms with Crippen LogP contribution < -0.4 is 10.1 Å². The average molecular weight is 307 g/mol. The van der Waals surface area contributed by atoms with Gasteiger partial charge in [0.05, 0.1) is 7.11 Å². The molecule has 4 nitrogen and oxygen atoms in total. The second-order valence-corrected chi connectivity index (χ2v) is 4.27. The Hall–Kier alpha value is -1.83. The predicted octanol–water partition coefficient (Wildman–Crippen LogP) is 3.37. The molecule has 8 heteroatoms. The van der Waals surface area contributed by atoms with Crippen LogP contribution >= 0.6 is 11.8 Å². The normalized spacial score (nSPS) is 11.9. The van der Waals surface area contributed by atoms with E-state index in [1.165, 1.54) is 37.6 Å². The molecule has 0 spiro atoms. The number of methoxy groups -OCH3 is 1. The van der Waals surface area contributed by atoms with Crippen molar-refractivity contribution >= 4 is 23.4 Å². The van der Waals surface area contributed by atoms with Crippen molar-refractivity contribution in [2.75, 3.05) is 18.7 Å². The van der Waals surface area contributed by atoms with Gasteiger partial charge in [-0.1, -0.05) is 6.07 Å². The number of alkyl halides is 3. The number of thioether (sulfide) groups is 1. The Kier molecular flexibility index (Phi) is 5.75. The molecule has 1 N–H and O–H groups in total. The summed E-state index contributed by atoms with van der Waals surface area (Å²) in [6.07, 6.45) is -1.72. The van der Waals surface area contributed by atoms with Gasteiger partial charge in [-0.2, -0.15) is 0 Å². The van der Waals surface area contributed by atoms with Crippen LogP contribution in [0.5, 0.6) is 5.75 Å². The van der Waals surface area contributed by atoms with Crippen molar-refractivity contribution in [1.29, 1.82) is 0 Å². The van der Waals surface area contributed by atoms with Gasteiger partial charge in [0.2, 0.25) is 0 Å². The van der Waals surface area contributed by atoms with Gasteiger partial charge in [-0.05, 0) is 18.4 Å². The number of esters is 1. The van der Waals surface area contributed by atoms with Crippen LogP contribution in [0.15, 0.2) is 35.4 Å². The first-order valence-electron chi connectivity index (χ1n) is 5.30. The lowest BCUT2D eigenvalue weighted by molar-refractivity contribution is -0.274. The highest BCUT2D eigenvalue weighted by Gasteiger charge is 2.31. The number of nitrogens with one attached hydrogen (secondary N) is 1. The maximum absolute atomic E-state index is 12.1. The van der Waals surface area contributed by atoms with E-state index in [1.807, 2.05) is 0 Å². The maximum Gasteiger partial charge on any atom is 0.573 e. The zero-order valence-corrected chi connectivity index (χ0v) is 11.5. The molecule has 1 aromatic carbocycles. The lowest BCUT2D eigenvalue weighted by Gasteiger charge is -2.10. The lowest BCUT2D eigenvalue weighted by Crippen LogP contribution is -2.17. The quantitative estimate of drug-likeness (QED) is 0.667. The summed E-state index contributed by atoms with van der Waals surface area (Å²) in [6, 6.07) is 5.28. The van der Waals surface area contributed by atoms with E-state index in [9.17, 15) is 18.0 Å². The van der Waals surface area contributed by atoms with Crippen molar-refractivity contribution < 1.29 is 27.4 Å². The van der Waals surface area contributed by atoms with E-state index in [0.717, 1.165) is 11.8 Å². The van der Waals surface area contributed by atoms with Gasteiger partial charge in [0.25, 0.3) is 0 Å². The molecule has 0 fully saturated rings.